The van der Waals surface area contributed by atoms with Crippen molar-refractivity contribution in [2.24, 2.45) is 0 Å². The van der Waals surface area contributed by atoms with Gasteiger partial charge in [-0.25, -0.2) is 4.39 Å². The molecule has 0 radical (unpaired) electrons. The summed E-state index contributed by atoms with van der Waals surface area (Å²) in [6.45, 7) is 12.9. The van der Waals surface area contributed by atoms with Crippen LogP contribution in [0.4, 0.5) is 4.39 Å². The van der Waals surface area contributed by atoms with E-state index >= 15 is 4.39 Å². The van der Waals surface area contributed by atoms with E-state index in [9.17, 15) is 10.5 Å². The lowest BCUT2D eigenvalue weighted by atomic mass is 9.93. The number of benzene rings is 8. The number of aryl methyl sites for hydroxylation is 6. The minimum atomic E-state index is -0.522. The molecule has 10 aromatic rings. The first-order valence-electron chi connectivity index (χ1n) is 20.6. The highest BCUT2D eigenvalue weighted by Gasteiger charge is 2.26. The minimum absolute atomic E-state index is 0.230. The average Bonchev–Trinajstić information content (AvgIpc) is 3.74. The molecule has 0 aliphatic rings. The molecule has 0 unspecified atom stereocenters. The van der Waals surface area contributed by atoms with Gasteiger partial charge in [-0.2, -0.15) is 10.5 Å². The molecule has 2 heterocycles. The van der Waals surface area contributed by atoms with E-state index in [1.165, 1.54) is 50.6 Å². The predicted octanol–water partition coefficient (Wildman–Crippen LogP) is 14.6. The van der Waals surface area contributed by atoms with Crippen LogP contribution in [0.2, 0.25) is 0 Å². The minimum Gasteiger partial charge on any atom is -0.308 e. The van der Waals surface area contributed by atoms with Crippen LogP contribution in [0.5, 0.6) is 0 Å². The van der Waals surface area contributed by atoms with Crippen LogP contribution in [-0.2, 0) is 0 Å². The van der Waals surface area contributed by atoms with Crippen LogP contribution >= 0.6 is 0 Å². The summed E-state index contributed by atoms with van der Waals surface area (Å²) in [6.07, 6.45) is 0. The zero-order chi connectivity index (χ0) is 42.3. The molecule has 8 aromatic carbocycles. The fourth-order valence-electron chi connectivity index (χ4n) is 10.1. The Bertz CT molecular complexity index is 3340. The summed E-state index contributed by atoms with van der Waals surface area (Å²) >= 11 is 0. The number of hydrogen-bond donors (Lipinski definition) is 0. The van der Waals surface area contributed by atoms with E-state index in [1.54, 1.807) is 12.1 Å². The van der Waals surface area contributed by atoms with Gasteiger partial charge in [0.05, 0.1) is 56.7 Å². The smallest absolute Gasteiger partial charge is 0.132 e. The Hall–Kier alpha value is -7.73. The van der Waals surface area contributed by atoms with E-state index < -0.39 is 5.82 Å². The van der Waals surface area contributed by atoms with E-state index in [2.05, 4.69) is 148 Å². The summed E-state index contributed by atoms with van der Waals surface area (Å²) in [6, 6.07) is 51.7. The number of nitrogens with zero attached hydrogens (tertiary/aromatic N) is 4. The fraction of sp³-hybridized carbons (Fsp3) is 0.107. The Morgan fingerprint density at radius 1 is 0.410 bits per heavy atom. The molecule has 5 heteroatoms. The van der Waals surface area contributed by atoms with Gasteiger partial charge in [0.2, 0.25) is 0 Å². The van der Waals surface area contributed by atoms with E-state index in [-0.39, 0.29) is 5.56 Å². The van der Waals surface area contributed by atoms with Crippen LogP contribution in [0.15, 0.2) is 140 Å². The van der Waals surface area contributed by atoms with Crippen LogP contribution < -0.4 is 0 Å². The number of nitriles is 2. The van der Waals surface area contributed by atoms with Crippen molar-refractivity contribution < 1.29 is 4.39 Å². The number of fused-ring (bicyclic) bond motifs is 6. The first-order valence-corrected chi connectivity index (χ1v) is 20.6. The lowest BCUT2D eigenvalue weighted by Crippen LogP contribution is -2.06. The largest absolute Gasteiger partial charge is 0.308 e. The van der Waals surface area contributed by atoms with E-state index in [0.29, 0.717) is 28.1 Å². The topological polar surface area (TPSA) is 57.4 Å². The monoisotopic (exact) mass is 788 g/mol. The van der Waals surface area contributed by atoms with Gasteiger partial charge in [0.25, 0.3) is 0 Å². The summed E-state index contributed by atoms with van der Waals surface area (Å²) in [5.41, 5.74) is 18.3. The lowest BCUT2D eigenvalue weighted by molar-refractivity contribution is 0.630. The Morgan fingerprint density at radius 2 is 0.836 bits per heavy atom. The van der Waals surface area contributed by atoms with Crippen LogP contribution in [0.25, 0.3) is 88.4 Å². The van der Waals surface area contributed by atoms with Gasteiger partial charge in [-0.3, -0.25) is 0 Å². The number of hydrogen-bond acceptors (Lipinski definition) is 2. The van der Waals surface area contributed by atoms with Gasteiger partial charge in [0.15, 0.2) is 0 Å². The summed E-state index contributed by atoms with van der Waals surface area (Å²) < 4.78 is 21.4. The lowest BCUT2D eigenvalue weighted by Gasteiger charge is -2.22. The summed E-state index contributed by atoms with van der Waals surface area (Å²) in [7, 11) is 0. The summed E-state index contributed by atoms with van der Waals surface area (Å²) in [4.78, 5) is 0. The SMILES string of the molecule is Cc1cc(C)c(-c2ccc3c4ccccc4n(-c4cc(C#N)cc(-n5c6ccccc6c6ccc(-c7c(C)cc(C)cc7C)cc65)c4-c4ccc(C#N)cc4F)c3c2)c(C)c1. The van der Waals surface area contributed by atoms with Crippen molar-refractivity contribution in [1.82, 2.24) is 9.13 Å². The number of rotatable bonds is 5. The quantitative estimate of drug-likeness (QED) is 0.174. The molecule has 0 saturated carbocycles. The van der Waals surface area contributed by atoms with E-state index in [4.69, 9.17) is 0 Å². The summed E-state index contributed by atoms with van der Waals surface area (Å²) in [5.74, 6) is -0.522. The molecule has 292 valence electrons. The molecule has 2 aromatic heterocycles. The fourth-order valence-corrected chi connectivity index (χ4v) is 10.1. The molecule has 0 saturated heterocycles. The van der Waals surface area contributed by atoms with Crippen molar-refractivity contribution in [2.75, 3.05) is 0 Å². The van der Waals surface area contributed by atoms with Crippen molar-refractivity contribution in [2.45, 2.75) is 41.5 Å². The molecule has 0 fully saturated rings. The molecule has 0 aliphatic carbocycles. The van der Waals surface area contributed by atoms with Gasteiger partial charge >= 0.3 is 0 Å². The number of halogens is 1. The van der Waals surface area contributed by atoms with Crippen LogP contribution in [0.3, 0.4) is 0 Å². The van der Waals surface area contributed by atoms with Crippen molar-refractivity contribution in [3.05, 3.63) is 190 Å². The molecule has 0 bridgehead atoms. The van der Waals surface area contributed by atoms with Gasteiger partial charge in [-0.15, -0.1) is 0 Å². The van der Waals surface area contributed by atoms with Crippen molar-refractivity contribution in [3.63, 3.8) is 0 Å². The maximum Gasteiger partial charge on any atom is 0.132 e. The first-order chi connectivity index (χ1) is 29.5. The second-order valence-electron chi connectivity index (χ2n) is 16.5. The summed E-state index contributed by atoms with van der Waals surface area (Å²) in [5, 5.41) is 24.9. The molecule has 61 heavy (non-hydrogen) atoms. The Kier molecular flexibility index (Phi) is 8.75. The third kappa shape index (κ3) is 5.93. The van der Waals surface area contributed by atoms with Gasteiger partial charge in [0.1, 0.15) is 5.82 Å². The van der Waals surface area contributed by atoms with Crippen LogP contribution in [0, 0.1) is 70.0 Å². The molecule has 10 rings (SSSR count). The second kappa shape index (κ2) is 14.2. The predicted molar refractivity (Wildman–Crippen MR) is 249 cm³/mol. The maximum atomic E-state index is 17.0. The van der Waals surface area contributed by atoms with Crippen LogP contribution in [0.1, 0.15) is 44.5 Å². The molecule has 0 N–H and O–H groups in total. The highest BCUT2D eigenvalue weighted by molar-refractivity contribution is 6.13. The Labute approximate surface area is 354 Å². The molecule has 0 atom stereocenters. The van der Waals surface area contributed by atoms with E-state index in [1.807, 2.05) is 36.4 Å². The third-order valence-electron chi connectivity index (χ3n) is 12.4. The molecule has 4 nitrogen and oxygen atoms in total. The van der Waals surface area contributed by atoms with E-state index in [0.717, 1.165) is 54.7 Å². The van der Waals surface area contributed by atoms with Gasteiger partial charge in [-0.1, -0.05) is 96.1 Å². The highest BCUT2D eigenvalue weighted by Crippen LogP contribution is 2.45. The van der Waals surface area contributed by atoms with Gasteiger partial charge in [0, 0.05) is 32.7 Å². The third-order valence-corrected chi connectivity index (χ3v) is 12.4. The molecular formula is C56H41FN4. The van der Waals surface area contributed by atoms with Crippen molar-refractivity contribution in [1.29, 1.82) is 10.5 Å². The highest BCUT2D eigenvalue weighted by atomic mass is 19.1. The Morgan fingerprint density at radius 3 is 1.26 bits per heavy atom. The standard InChI is InChI=1S/C56H41FN4/c1-32-21-34(3)54(35(4)22-32)40-16-19-44-42-11-7-9-13-48(42)60(50(44)28-40)52-26-39(31-59)27-53(56(52)46-18-15-38(30-58)25-47(46)57)61-49-14-10-8-12-43(49)45-20-17-41(29-51(45)61)55-36(5)23-33(2)24-37(55)6/h7-29H,1-6H3. The zero-order valence-electron chi connectivity index (χ0n) is 34.9. The first kappa shape index (κ1) is 37.5. The van der Waals surface area contributed by atoms with Crippen molar-refractivity contribution in [3.8, 4) is 56.9 Å². The molecule has 0 aliphatic heterocycles. The zero-order valence-corrected chi connectivity index (χ0v) is 34.9. The van der Waals surface area contributed by atoms with Gasteiger partial charge < -0.3 is 9.13 Å². The average molecular weight is 789 g/mol. The normalized spacial score (nSPS) is 11.5. The van der Waals surface area contributed by atoms with Crippen molar-refractivity contribution >= 4 is 43.6 Å². The number of para-hydroxylation sites is 2. The maximum absolute atomic E-state index is 17.0. The second-order valence-corrected chi connectivity index (χ2v) is 16.5. The molecule has 0 spiro atoms. The molecule has 0 amide bonds. The van der Waals surface area contributed by atoms with Crippen LogP contribution in [-0.4, -0.2) is 9.13 Å². The van der Waals surface area contributed by atoms with Gasteiger partial charge in [-0.05, 0) is 141 Å². The Balaban J connectivity index is 1.38. The molecular weight excluding hydrogens is 748 g/mol. The number of aromatic nitrogens is 2.